The van der Waals surface area contributed by atoms with Crippen LogP contribution in [-0.4, -0.2) is 28.5 Å². The van der Waals surface area contributed by atoms with Crippen LogP contribution in [0.15, 0.2) is 48.5 Å². The van der Waals surface area contributed by atoms with E-state index in [4.69, 9.17) is 11.6 Å². The summed E-state index contributed by atoms with van der Waals surface area (Å²) in [5.74, 6) is 1.28. The average Bonchev–Trinajstić information content (AvgIpc) is 3.07. The van der Waals surface area contributed by atoms with Crippen LogP contribution in [0.5, 0.6) is 0 Å². The number of rotatable bonds is 7. The van der Waals surface area contributed by atoms with Crippen molar-refractivity contribution in [1.82, 2.24) is 10.2 Å². The minimum absolute atomic E-state index is 0.0515. The van der Waals surface area contributed by atoms with E-state index in [1.807, 2.05) is 53.4 Å². The molecule has 0 bridgehead atoms. The van der Waals surface area contributed by atoms with Gasteiger partial charge in [0.05, 0.1) is 5.75 Å². The predicted octanol–water partition coefficient (Wildman–Crippen LogP) is 5.52. The number of hydrogen-bond donors (Lipinski definition) is 1. The summed E-state index contributed by atoms with van der Waals surface area (Å²) < 4.78 is 0. The van der Waals surface area contributed by atoms with Crippen molar-refractivity contribution in [2.75, 3.05) is 5.75 Å². The van der Waals surface area contributed by atoms with E-state index in [0.29, 0.717) is 34.7 Å². The number of nitrogens with one attached hydrogen (secondary N) is 1. The molecule has 1 saturated heterocycles. The second-order valence-electron chi connectivity index (χ2n) is 8.42. The molecule has 0 saturated carbocycles. The molecule has 0 radical (unpaired) electrons. The Hall–Kier alpha value is -1.98. The van der Waals surface area contributed by atoms with Crippen molar-refractivity contribution in [3.63, 3.8) is 0 Å². The molecule has 30 heavy (non-hydrogen) atoms. The number of nitrogens with zero attached hydrogens (tertiary/aromatic N) is 1. The monoisotopic (exact) mass is 444 g/mol. The van der Waals surface area contributed by atoms with Crippen LogP contribution in [0, 0.1) is 11.8 Å². The predicted molar refractivity (Wildman–Crippen MR) is 125 cm³/mol. The second-order valence-corrected chi connectivity index (χ2v) is 9.93. The Bertz CT molecular complexity index is 873. The molecule has 1 aliphatic heterocycles. The molecule has 3 rings (SSSR count). The first-order valence-electron chi connectivity index (χ1n) is 10.3. The van der Waals surface area contributed by atoms with Gasteiger partial charge in [0.2, 0.25) is 5.91 Å². The number of thioether (sulfide) groups is 1. The summed E-state index contributed by atoms with van der Waals surface area (Å²) in [5.41, 5.74) is 2.72. The van der Waals surface area contributed by atoms with E-state index >= 15 is 0 Å². The van der Waals surface area contributed by atoms with Crippen molar-refractivity contribution in [3.05, 3.63) is 70.2 Å². The Kier molecular flexibility index (Phi) is 7.48. The van der Waals surface area contributed by atoms with Gasteiger partial charge in [0.1, 0.15) is 5.37 Å². The third kappa shape index (κ3) is 5.38. The van der Waals surface area contributed by atoms with E-state index < -0.39 is 0 Å². The Morgan fingerprint density at radius 3 is 2.23 bits per heavy atom. The fourth-order valence-electron chi connectivity index (χ4n) is 3.82. The normalized spacial score (nSPS) is 16.7. The quantitative estimate of drug-likeness (QED) is 0.611. The molecule has 1 aliphatic rings. The number of amides is 2. The van der Waals surface area contributed by atoms with Gasteiger partial charge in [-0.1, -0.05) is 63.6 Å². The summed E-state index contributed by atoms with van der Waals surface area (Å²) in [6, 6.07) is 15.3. The van der Waals surface area contributed by atoms with Gasteiger partial charge in [-0.2, -0.15) is 0 Å². The molecule has 0 aromatic heterocycles. The highest BCUT2D eigenvalue weighted by molar-refractivity contribution is 8.00. The average molecular weight is 445 g/mol. The second kappa shape index (κ2) is 9.88. The minimum Gasteiger partial charge on any atom is -0.349 e. The molecular weight excluding hydrogens is 416 g/mol. The highest BCUT2D eigenvalue weighted by Crippen LogP contribution is 2.39. The van der Waals surface area contributed by atoms with Crippen LogP contribution in [0.1, 0.15) is 54.6 Å². The standard InChI is InChI=1S/C24H29ClN2O2S/c1-15(2)22(16(3)4)26-23(29)18-7-9-19(10-8-18)24-27(21(28)14-30-24)13-17-5-11-20(25)12-6-17/h5-12,15-16,22,24H,13-14H2,1-4H3,(H,26,29)/t24-/m0/s1. The van der Waals surface area contributed by atoms with Crippen molar-refractivity contribution in [1.29, 1.82) is 0 Å². The van der Waals surface area contributed by atoms with Crippen molar-refractivity contribution in [3.8, 4) is 0 Å². The summed E-state index contributed by atoms with van der Waals surface area (Å²) in [6.07, 6.45) is 0. The lowest BCUT2D eigenvalue weighted by molar-refractivity contribution is -0.128. The molecule has 1 fully saturated rings. The zero-order valence-corrected chi connectivity index (χ0v) is 19.5. The molecule has 0 unspecified atom stereocenters. The maximum Gasteiger partial charge on any atom is 0.251 e. The van der Waals surface area contributed by atoms with Gasteiger partial charge in [-0.15, -0.1) is 11.8 Å². The van der Waals surface area contributed by atoms with Crippen molar-refractivity contribution in [2.45, 2.75) is 45.7 Å². The number of carbonyl (C=O) groups is 2. The number of benzene rings is 2. The third-order valence-corrected chi connectivity index (χ3v) is 6.93. The van der Waals surface area contributed by atoms with Crippen LogP contribution in [0.3, 0.4) is 0 Å². The van der Waals surface area contributed by atoms with Crippen LogP contribution < -0.4 is 5.32 Å². The summed E-state index contributed by atoms with van der Waals surface area (Å²) in [6.45, 7) is 9.03. The number of carbonyl (C=O) groups excluding carboxylic acids is 2. The van der Waals surface area contributed by atoms with E-state index in [9.17, 15) is 9.59 Å². The van der Waals surface area contributed by atoms with E-state index in [1.54, 1.807) is 11.8 Å². The Labute approximate surface area is 188 Å². The number of halogens is 1. The lowest BCUT2D eigenvalue weighted by atomic mass is 9.93. The van der Waals surface area contributed by atoms with Gasteiger partial charge >= 0.3 is 0 Å². The van der Waals surface area contributed by atoms with E-state index in [1.165, 1.54) is 0 Å². The maximum absolute atomic E-state index is 12.7. The van der Waals surface area contributed by atoms with Crippen LogP contribution >= 0.6 is 23.4 Å². The summed E-state index contributed by atoms with van der Waals surface area (Å²) in [7, 11) is 0. The largest absolute Gasteiger partial charge is 0.349 e. The Balaban J connectivity index is 1.72. The number of hydrogen-bond acceptors (Lipinski definition) is 3. The van der Waals surface area contributed by atoms with Crippen LogP contribution in [0.25, 0.3) is 0 Å². The Morgan fingerprint density at radius 1 is 1.07 bits per heavy atom. The first-order valence-corrected chi connectivity index (χ1v) is 11.7. The third-order valence-electron chi connectivity index (χ3n) is 5.43. The van der Waals surface area contributed by atoms with Crippen LogP contribution in [-0.2, 0) is 11.3 Å². The van der Waals surface area contributed by atoms with Gasteiger partial charge in [0.15, 0.2) is 0 Å². The topological polar surface area (TPSA) is 49.4 Å². The summed E-state index contributed by atoms with van der Waals surface area (Å²) in [4.78, 5) is 27.0. The molecule has 0 aliphatic carbocycles. The van der Waals surface area contributed by atoms with Gasteiger partial charge in [-0.25, -0.2) is 0 Å². The lowest BCUT2D eigenvalue weighted by Gasteiger charge is -2.26. The van der Waals surface area contributed by atoms with Gasteiger partial charge in [-0.3, -0.25) is 9.59 Å². The molecular formula is C24H29ClN2O2S. The zero-order valence-electron chi connectivity index (χ0n) is 17.9. The molecule has 1 atom stereocenters. The zero-order chi connectivity index (χ0) is 21.8. The summed E-state index contributed by atoms with van der Waals surface area (Å²) >= 11 is 7.59. The van der Waals surface area contributed by atoms with Crippen LogP contribution in [0.2, 0.25) is 5.02 Å². The fourth-order valence-corrected chi connectivity index (χ4v) is 5.14. The molecule has 1 N–H and O–H groups in total. The molecule has 1 heterocycles. The fraction of sp³-hybridized carbons (Fsp3) is 0.417. The minimum atomic E-state index is -0.0536. The van der Waals surface area contributed by atoms with Gasteiger partial charge in [0, 0.05) is 23.2 Å². The van der Waals surface area contributed by atoms with Gasteiger partial charge in [0.25, 0.3) is 5.91 Å². The van der Waals surface area contributed by atoms with Crippen molar-refractivity contribution < 1.29 is 9.59 Å². The molecule has 2 aromatic carbocycles. The summed E-state index contributed by atoms with van der Waals surface area (Å²) in [5, 5.41) is 3.79. The van der Waals surface area contributed by atoms with E-state index in [2.05, 4.69) is 33.0 Å². The molecule has 2 amide bonds. The first kappa shape index (κ1) is 22.7. The van der Waals surface area contributed by atoms with E-state index in [-0.39, 0.29) is 23.2 Å². The van der Waals surface area contributed by atoms with Crippen molar-refractivity contribution in [2.24, 2.45) is 11.8 Å². The van der Waals surface area contributed by atoms with Crippen molar-refractivity contribution >= 4 is 35.2 Å². The SMILES string of the molecule is CC(C)C(NC(=O)c1ccc([C@@H]2SCC(=O)N2Cc2ccc(Cl)cc2)cc1)C(C)C. The molecule has 0 spiro atoms. The van der Waals surface area contributed by atoms with E-state index in [0.717, 1.165) is 11.1 Å². The maximum atomic E-state index is 12.7. The molecule has 6 heteroatoms. The first-order chi connectivity index (χ1) is 14.3. The Morgan fingerprint density at radius 2 is 1.67 bits per heavy atom. The molecule has 4 nitrogen and oxygen atoms in total. The van der Waals surface area contributed by atoms with Crippen LogP contribution in [0.4, 0.5) is 0 Å². The lowest BCUT2D eigenvalue weighted by Crippen LogP contribution is -2.42. The molecule has 2 aromatic rings. The van der Waals surface area contributed by atoms with Gasteiger partial charge in [-0.05, 0) is 47.2 Å². The van der Waals surface area contributed by atoms with Gasteiger partial charge < -0.3 is 10.2 Å². The highest BCUT2D eigenvalue weighted by atomic mass is 35.5. The smallest absolute Gasteiger partial charge is 0.251 e. The highest BCUT2D eigenvalue weighted by Gasteiger charge is 2.33. The molecule has 160 valence electrons.